The predicted molar refractivity (Wildman–Crippen MR) is 147 cm³/mol. The third-order valence-electron chi connectivity index (χ3n) is 8.23. The van der Waals surface area contributed by atoms with E-state index in [2.05, 4.69) is 16.0 Å². The number of epoxide rings is 1. The number of hydrogen-bond donors (Lipinski definition) is 3. The predicted octanol–water partition coefficient (Wildman–Crippen LogP) is -0.283. The summed E-state index contributed by atoms with van der Waals surface area (Å²) in [5, 5.41) is 8.28. The van der Waals surface area contributed by atoms with Gasteiger partial charge in [0, 0.05) is 26.6 Å². The molecule has 13 nitrogen and oxygen atoms in total. The summed E-state index contributed by atoms with van der Waals surface area (Å²) in [5.74, 6) is -3.68. The zero-order chi connectivity index (χ0) is 30.4. The van der Waals surface area contributed by atoms with Gasteiger partial charge in [-0.3, -0.25) is 28.8 Å². The summed E-state index contributed by atoms with van der Waals surface area (Å²) >= 11 is 0. The van der Waals surface area contributed by atoms with Crippen molar-refractivity contribution in [3.8, 4) is 0 Å². The van der Waals surface area contributed by atoms with Crippen LogP contribution in [0.1, 0.15) is 66.7 Å². The van der Waals surface area contributed by atoms with E-state index in [9.17, 15) is 28.8 Å². The average molecular weight is 580 g/mol. The molecular weight excluding hydrogens is 534 g/mol. The third-order valence-corrected chi connectivity index (χ3v) is 8.23. The number of cyclic esters (lactones) is 1. The number of nitrogens with zero attached hydrogens (tertiary/aromatic N) is 2. The van der Waals surface area contributed by atoms with E-state index in [1.807, 2.05) is 13.8 Å². The van der Waals surface area contributed by atoms with E-state index in [1.54, 1.807) is 20.8 Å². The molecule has 0 bridgehead atoms. The molecule has 0 aliphatic carbocycles. The topological polar surface area (TPSA) is 167 Å². The standard InChI is InChI=1S/C28H45N5O8/c1-7-16(4)23-26(37)30-22(15(2)3)28(39)32(6)17(5)24(35)29-11-10-21(34)41-20(13-18-14-40-18)27(38)33-12-8-9-19(33)25(36)31-23/h15-20,22-23H,7-14H2,1-6H3,(H,29,35)(H,30,37)(H,31,36)/t16-,17-,18-,19-,20+,22-,23-/m0/s1. The molecule has 7 atom stereocenters. The fourth-order valence-corrected chi connectivity index (χ4v) is 5.08. The summed E-state index contributed by atoms with van der Waals surface area (Å²) in [7, 11) is 1.48. The maximum atomic E-state index is 13.6. The van der Waals surface area contributed by atoms with Crippen LogP contribution >= 0.6 is 0 Å². The number of likely N-dealkylation sites (N-methyl/N-ethyl adjacent to an activating group) is 1. The summed E-state index contributed by atoms with van der Waals surface area (Å²) in [6.07, 6.45) is 0.178. The van der Waals surface area contributed by atoms with Gasteiger partial charge in [0.25, 0.3) is 5.91 Å². The molecule has 3 aliphatic rings. The van der Waals surface area contributed by atoms with Gasteiger partial charge < -0.3 is 35.2 Å². The molecule has 3 rings (SSSR count). The molecule has 0 aromatic rings. The number of nitrogens with one attached hydrogen (secondary N) is 3. The average Bonchev–Trinajstić information content (AvgIpc) is 3.62. The molecule has 3 heterocycles. The van der Waals surface area contributed by atoms with Crippen LogP contribution in [0.3, 0.4) is 0 Å². The maximum absolute atomic E-state index is 13.6. The second-order valence-corrected chi connectivity index (χ2v) is 11.6. The Morgan fingerprint density at radius 1 is 0.951 bits per heavy atom. The monoisotopic (exact) mass is 579 g/mol. The van der Waals surface area contributed by atoms with Crippen molar-refractivity contribution in [2.75, 3.05) is 26.7 Å². The van der Waals surface area contributed by atoms with Crippen LogP contribution in [0, 0.1) is 11.8 Å². The van der Waals surface area contributed by atoms with E-state index in [1.165, 1.54) is 16.8 Å². The molecule has 0 aromatic heterocycles. The van der Waals surface area contributed by atoms with Crippen LogP contribution in [-0.2, 0) is 38.2 Å². The number of ether oxygens (including phenoxy) is 2. The van der Waals surface area contributed by atoms with E-state index in [0.29, 0.717) is 32.4 Å². The van der Waals surface area contributed by atoms with Gasteiger partial charge in [0.1, 0.15) is 24.2 Å². The molecule has 41 heavy (non-hydrogen) atoms. The van der Waals surface area contributed by atoms with Crippen molar-refractivity contribution in [1.29, 1.82) is 0 Å². The van der Waals surface area contributed by atoms with Crippen molar-refractivity contribution in [1.82, 2.24) is 25.8 Å². The van der Waals surface area contributed by atoms with Crippen molar-refractivity contribution in [3.63, 3.8) is 0 Å². The highest BCUT2D eigenvalue weighted by atomic mass is 16.6. The molecule has 230 valence electrons. The lowest BCUT2D eigenvalue weighted by Crippen LogP contribution is -2.60. The first-order chi connectivity index (χ1) is 19.3. The first-order valence-electron chi connectivity index (χ1n) is 14.6. The highest BCUT2D eigenvalue weighted by Gasteiger charge is 2.43. The lowest BCUT2D eigenvalue weighted by atomic mass is 9.95. The quantitative estimate of drug-likeness (QED) is 0.295. The normalized spacial score (nSPS) is 31.8. The van der Waals surface area contributed by atoms with Gasteiger partial charge in [-0.1, -0.05) is 34.1 Å². The van der Waals surface area contributed by atoms with Crippen molar-refractivity contribution in [2.24, 2.45) is 11.8 Å². The first-order valence-corrected chi connectivity index (χ1v) is 14.6. The molecular formula is C28H45N5O8. The zero-order valence-corrected chi connectivity index (χ0v) is 24.9. The molecule has 0 unspecified atom stereocenters. The lowest BCUT2D eigenvalue weighted by molar-refractivity contribution is -0.162. The molecule has 0 aromatic carbocycles. The Bertz CT molecular complexity index is 1020. The number of amides is 5. The van der Waals surface area contributed by atoms with Crippen molar-refractivity contribution in [3.05, 3.63) is 0 Å². The number of carbonyl (C=O) groups excluding carboxylic acids is 6. The Hall–Kier alpha value is -3.22. The van der Waals surface area contributed by atoms with Gasteiger partial charge in [0.15, 0.2) is 6.10 Å². The van der Waals surface area contributed by atoms with Crippen LogP contribution in [-0.4, -0.2) is 108 Å². The Morgan fingerprint density at radius 2 is 1.61 bits per heavy atom. The minimum atomic E-state index is -1.13. The van der Waals surface area contributed by atoms with E-state index in [-0.39, 0.29) is 37.3 Å². The minimum Gasteiger partial charge on any atom is -0.452 e. The van der Waals surface area contributed by atoms with Crippen molar-refractivity contribution >= 4 is 35.5 Å². The lowest BCUT2D eigenvalue weighted by Gasteiger charge is -2.33. The number of esters is 1. The summed E-state index contributed by atoms with van der Waals surface area (Å²) < 4.78 is 10.8. The second-order valence-electron chi connectivity index (χ2n) is 11.6. The SMILES string of the molecule is CC[C@H](C)[C@@H]1NC(=O)[C@@H]2CCCN2C(=O)[C@@H](C[C@H]2CO2)OC(=O)CCNC(=O)[C@H](C)N(C)C(=O)[C@H](C(C)C)NC1=O. The van der Waals surface area contributed by atoms with Crippen molar-refractivity contribution < 1.29 is 38.2 Å². The summed E-state index contributed by atoms with van der Waals surface area (Å²) in [6.45, 7) is 9.54. The number of carbonyl (C=O) groups is 6. The maximum Gasteiger partial charge on any atom is 0.308 e. The van der Waals surface area contributed by atoms with Gasteiger partial charge >= 0.3 is 5.97 Å². The zero-order valence-electron chi connectivity index (χ0n) is 24.9. The van der Waals surface area contributed by atoms with Gasteiger partial charge in [-0.15, -0.1) is 0 Å². The largest absolute Gasteiger partial charge is 0.452 e. The fraction of sp³-hybridized carbons (Fsp3) is 0.786. The second kappa shape index (κ2) is 14.1. The Morgan fingerprint density at radius 3 is 2.22 bits per heavy atom. The van der Waals surface area contributed by atoms with Crippen LogP contribution in [0.5, 0.6) is 0 Å². The van der Waals surface area contributed by atoms with Crippen LogP contribution in [0.15, 0.2) is 0 Å². The molecule has 3 aliphatic heterocycles. The first kappa shape index (κ1) is 32.3. The summed E-state index contributed by atoms with van der Waals surface area (Å²) in [4.78, 5) is 82.2. The van der Waals surface area contributed by atoms with Gasteiger partial charge in [-0.2, -0.15) is 0 Å². The van der Waals surface area contributed by atoms with E-state index < -0.39 is 65.8 Å². The molecule has 13 heteroatoms. The molecule has 5 amide bonds. The van der Waals surface area contributed by atoms with Crippen LogP contribution < -0.4 is 16.0 Å². The minimum absolute atomic E-state index is 0.0550. The Kier molecular flexibility index (Phi) is 11.1. The van der Waals surface area contributed by atoms with Gasteiger partial charge in [-0.05, 0) is 31.6 Å². The highest BCUT2D eigenvalue weighted by molar-refractivity contribution is 5.96. The molecule has 3 N–H and O–H groups in total. The molecule has 3 saturated heterocycles. The van der Waals surface area contributed by atoms with Gasteiger partial charge in [-0.25, -0.2) is 0 Å². The summed E-state index contributed by atoms with van der Waals surface area (Å²) in [6, 6.07) is -3.63. The fourth-order valence-electron chi connectivity index (χ4n) is 5.08. The van der Waals surface area contributed by atoms with E-state index >= 15 is 0 Å². The molecule has 0 spiro atoms. The van der Waals surface area contributed by atoms with E-state index in [4.69, 9.17) is 9.47 Å². The summed E-state index contributed by atoms with van der Waals surface area (Å²) in [5.41, 5.74) is 0. The molecule has 0 saturated carbocycles. The van der Waals surface area contributed by atoms with Crippen LogP contribution in [0.4, 0.5) is 0 Å². The van der Waals surface area contributed by atoms with Crippen LogP contribution in [0.2, 0.25) is 0 Å². The van der Waals surface area contributed by atoms with E-state index in [0.717, 1.165) is 0 Å². The van der Waals surface area contributed by atoms with Gasteiger partial charge in [0.2, 0.25) is 23.6 Å². The smallest absolute Gasteiger partial charge is 0.308 e. The Balaban J connectivity index is 1.93. The number of fused-ring (bicyclic) bond motifs is 1. The molecule has 0 radical (unpaired) electrons. The van der Waals surface area contributed by atoms with Crippen LogP contribution in [0.25, 0.3) is 0 Å². The molecule has 3 fully saturated rings. The Labute approximate surface area is 241 Å². The van der Waals surface area contributed by atoms with Gasteiger partial charge in [0.05, 0.1) is 19.1 Å². The number of rotatable bonds is 5. The third kappa shape index (κ3) is 8.17. The van der Waals surface area contributed by atoms with Crippen molar-refractivity contribution in [2.45, 2.75) is 103 Å². The highest BCUT2D eigenvalue weighted by Crippen LogP contribution is 2.25. The number of hydrogen-bond acceptors (Lipinski definition) is 8.